The number of fused-ring (bicyclic) bond motifs is 3. The number of nitrogens with one attached hydrogen (secondary N) is 1. The van der Waals surface area contributed by atoms with Gasteiger partial charge < -0.3 is 9.72 Å². The van der Waals surface area contributed by atoms with Crippen LogP contribution in [0.5, 0.6) is 0 Å². The third-order valence-corrected chi connectivity index (χ3v) is 4.60. The highest BCUT2D eigenvalue weighted by Crippen LogP contribution is 2.37. The number of aryl methyl sites for hydroxylation is 2. The normalized spacial score (nSPS) is 13.9. The van der Waals surface area contributed by atoms with Gasteiger partial charge in [-0.3, -0.25) is 0 Å². The van der Waals surface area contributed by atoms with Crippen LogP contribution in [0.3, 0.4) is 0 Å². The van der Waals surface area contributed by atoms with Crippen LogP contribution < -0.4 is 5.32 Å². The lowest BCUT2D eigenvalue weighted by atomic mass is 10.0. The molecule has 0 radical (unpaired) electrons. The minimum atomic E-state index is 1.05. The molecule has 0 spiro atoms. The largest absolute Gasteiger partial charge is 0.383 e. The van der Waals surface area contributed by atoms with Crippen LogP contribution in [0.25, 0.3) is 16.4 Å². The molecule has 1 aromatic carbocycles. The molecule has 20 heavy (non-hydrogen) atoms. The Morgan fingerprint density at radius 3 is 2.80 bits per heavy atom. The zero-order valence-corrected chi connectivity index (χ0v) is 12.2. The summed E-state index contributed by atoms with van der Waals surface area (Å²) in [5.74, 6) is 0. The Morgan fingerprint density at radius 1 is 1.15 bits per heavy atom. The number of aromatic nitrogens is 1. The van der Waals surface area contributed by atoms with Gasteiger partial charge in [0.15, 0.2) is 0 Å². The van der Waals surface area contributed by atoms with Crippen molar-refractivity contribution in [3.63, 3.8) is 0 Å². The van der Waals surface area contributed by atoms with Crippen molar-refractivity contribution in [1.82, 2.24) is 4.40 Å². The van der Waals surface area contributed by atoms with Gasteiger partial charge in [-0.05, 0) is 42.5 Å². The molecule has 0 aliphatic carbocycles. The highest BCUT2D eigenvalue weighted by atomic mass is 15.0. The van der Waals surface area contributed by atoms with Gasteiger partial charge in [0, 0.05) is 17.6 Å². The Bertz CT molecular complexity index is 811. The lowest BCUT2D eigenvalue weighted by Gasteiger charge is -2.20. The van der Waals surface area contributed by atoms with E-state index in [4.69, 9.17) is 0 Å². The van der Waals surface area contributed by atoms with Crippen LogP contribution >= 0.6 is 0 Å². The van der Waals surface area contributed by atoms with Crippen molar-refractivity contribution in [2.75, 3.05) is 11.9 Å². The monoisotopic (exact) mass is 264 g/mol. The van der Waals surface area contributed by atoms with E-state index in [0.29, 0.717) is 0 Å². The predicted molar refractivity (Wildman–Crippen MR) is 85.9 cm³/mol. The fourth-order valence-electron chi connectivity index (χ4n) is 3.74. The van der Waals surface area contributed by atoms with E-state index in [1.807, 2.05) is 0 Å². The van der Waals surface area contributed by atoms with Gasteiger partial charge in [-0.25, -0.2) is 0 Å². The number of rotatable bonds is 2. The van der Waals surface area contributed by atoms with E-state index in [1.54, 1.807) is 0 Å². The fourth-order valence-corrected chi connectivity index (χ4v) is 3.74. The molecule has 4 rings (SSSR count). The summed E-state index contributed by atoms with van der Waals surface area (Å²) in [6.07, 6.45) is 3.30. The maximum absolute atomic E-state index is 3.59. The third kappa shape index (κ3) is 1.39. The molecule has 102 valence electrons. The summed E-state index contributed by atoms with van der Waals surface area (Å²) in [5, 5.41) is 5.02. The molecule has 3 aromatic rings. The van der Waals surface area contributed by atoms with Gasteiger partial charge in [0.2, 0.25) is 0 Å². The molecule has 0 saturated carbocycles. The molecule has 2 heteroatoms. The molecule has 1 aliphatic heterocycles. The lowest BCUT2D eigenvalue weighted by molar-refractivity contribution is 0.926. The summed E-state index contributed by atoms with van der Waals surface area (Å²) in [6.45, 7) is 5.56. The van der Waals surface area contributed by atoms with Crippen molar-refractivity contribution in [2.45, 2.75) is 33.1 Å². The SMILES string of the molecule is CCc1cc2c3c(c4ccccc4n3c1CC)CCN2. The minimum absolute atomic E-state index is 1.05. The zero-order chi connectivity index (χ0) is 13.7. The van der Waals surface area contributed by atoms with E-state index in [2.05, 4.69) is 53.9 Å². The second-order valence-electron chi connectivity index (χ2n) is 5.59. The Kier molecular flexibility index (Phi) is 2.53. The number of pyridine rings is 1. The van der Waals surface area contributed by atoms with Crippen molar-refractivity contribution in [2.24, 2.45) is 0 Å². The minimum Gasteiger partial charge on any atom is -0.383 e. The number of para-hydroxylation sites is 1. The Hall–Kier alpha value is -1.96. The first-order valence-corrected chi connectivity index (χ1v) is 7.65. The van der Waals surface area contributed by atoms with Gasteiger partial charge >= 0.3 is 0 Å². The number of anilines is 1. The summed E-state index contributed by atoms with van der Waals surface area (Å²) in [4.78, 5) is 0. The van der Waals surface area contributed by atoms with Crippen molar-refractivity contribution in [1.29, 1.82) is 0 Å². The highest BCUT2D eigenvalue weighted by molar-refractivity contribution is 5.98. The summed E-state index contributed by atoms with van der Waals surface area (Å²) in [6, 6.07) is 11.2. The van der Waals surface area contributed by atoms with Gasteiger partial charge in [0.25, 0.3) is 0 Å². The third-order valence-electron chi connectivity index (χ3n) is 4.60. The van der Waals surface area contributed by atoms with Crippen LogP contribution in [0, 0.1) is 0 Å². The van der Waals surface area contributed by atoms with E-state index in [0.717, 1.165) is 25.8 Å². The summed E-state index contributed by atoms with van der Waals surface area (Å²) < 4.78 is 2.50. The van der Waals surface area contributed by atoms with Gasteiger partial charge in [0.05, 0.1) is 16.7 Å². The molecule has 0 amide bonds. The van der Waals surface area contributed by atoms with Crippen LogP contribution in [0.1, 0.15) is 30.7 Å². The first kappa shape index (κ1) is 11.8. The molecule has 0 saturated heterocycles. The molecular formula is C18H20N2. The van der Waals surface area contributed by atoms with E-state index in [1.165, 1.54) is 38.9 Å². The standard InChI is InChI=1S/C18H20N2/c1-3-12-11-15-18-14(9-10-19-15)13-7-5-6-8-17(13)20(18)16(12)4-2/h5-8,11,19H,3-4,9-10H2,1-2H3. The van der Waals surface area contributed by atoms with Crippen molar-refractivity contribution in [3.05, 3.63) is 47.2 Å². The van der Waals surface area contributed by atoms with Crippen LogP contribution in [-0.4, -0.2) is 10.9 Å². The second kappa shape index (κ2) is 4.27. The van der Waals surface area contributed by atoms with Crippen LogP contribution in [0.2, 0.25) is 0 Å². The van der Waals surface area contributed by atoms with E-state index < -0.39 is 0 Å². The molecule has 0 fully saturated rings. The molecule has 3 heterocycles. The molecule has 0 bridgehead atoms. The molecule has 0 atom stereocenters. The van der Waals surface area contributed by atoms with Gasteiger partial charge in [-0.15, -0.1) is 0 Å². The Labute approximate surface area is 119 Å². The summed E-state index contributed by atoms with van der Waals surface area (Å²) in [7, 11) is 0. The van der Waals surface area contributed by atoms with Gasteiger partial charge in [-0.2, -0.15) is 0 Å². The maximum Gasteiger partial charge on any atom is 0.0730 e. The van der Waals surface area contributed by atoms with Crippen molar-refractivity contribution in [3.8, 4) is 0 Å². The average Bonchev–Trinajstić information content (AvgIpc) is 2.84. The molecule has 0 unspecified atom stereocenters. The van der Waals surface area contributed by atoms with E-state index in [-0.39, 0.29) is 0 Å². The van der Waals surface area contributed by atoms with Crippen molar-refractivity contribution >= 4 is 22.1 Å². The highest BCUT2D eigenvalue weighted by Gasteiger charge is 2.21. The van der Waals surface area contributed by atoms with Crippen LogP contribution in [0.4, 0.5) is 5.69 Å². The summed E-state index contributed by atoms with van der Waals surface area (Å²) >= 11 is 0. The number of benzene rings is 1. The molecule has 1 N–H and O–H groups in total. The van der Waals surface area contributed by atoms with Crippen LogP contribution in [0.15, 0.2) is 30.3 Å². The zero-order valence-electron chi connectivity index (χ0n) is 12.2. The molecular weight excluding hydrogens is 244 g/mol. The van der Waals surface area contributed by atoms with Crippen LogP contribution in [-0.2, 0) is 19.3 Å². The first-order chi connectivity index (χ1) is 9.85. The maximum atomic E-state index is 3.59. The number of hydrogen-bond donors (Lipinski definition) is 1. The lowest BCUT2D eigenvalue weighted by Crippen LogP contribution is -2.13. The topological polar surface area (TPSA) is 16.4 Å². The second-order valence-corrected chi connectivity index (χ2v) is 5.59. The Morgan fingerprint density at radius 2 is 2.00 bits per heavy atom. The fraction of sp³-hybridized carbons (Fsp3) is 0.333. The predicted octanol–water partition coefficient (Wildman–Crippen LogP) is 4.19. The number of hydrogen-bond acceptors (Lipinski definition) is 1. The van der Waals surface area contributed by atoms with Gasteiger partial charge in [-0.1, -0.05) is 32.0 Å². The first-order valence-electron chi connectivity index (χ1n) is 7.65. The van der Waals surface area contributed by atoms with E-state index >= 15 is 0 Å². The smallest absolute Gasteiger partial charge is 0.0730 e. The summed E-state index contributed by atoms with van der Waals surface area (Å²) in [5.41, 5.74) is 8.55. The quantitative estimate of drug-likeness (QED) is 0.734. The van der Waals surface area contributed by atoms with E-state index in [9.17, 15) is 0 Å². The average molecular weight is 264 g/mol. The molecule has 2 nitrogen and oxygen atoms in total. The Balaban J connectivity index is 2.29. The number of nitrogens with zero attached hydrogens (tertiary/aromatic N) is 1. The molecule has 1 aliphatic rings. The van der Waals surface area contributed by atoms with Crippen molar-refractivity contribution < 1.29 is 0 Å². The van der Waals surface area contributed by atoms with Gasteiger partial charge in [0.1, 0.15) is 0 Å². The molecule has 2 aromatic heterocycles.